The highest BCUT2D eigenvalue weighted by Crippen LogP contribution is 2.20. The summed E-state index contributed by atoms with van der Waals surface area (Å²) >= 11 is 3.49. The van der Waals surface area contributed by atoms with Crippen molar-refractivity contribution in [2.75, 3.05) is 13.1 Å². The zero-order valence-corrected chi connectivity index (χ0v) is 9.38. The van der Waals surface area contributed by atoms with Crippen molar-refractivity contribution in [3.63, 3.8) is 0 Å². The molecule has 0 aromatic heterocycles. The van der Waals surface area contributed by atoms with Crippen LogP contribution < -0.4 is 5.32 Å². The molecule has 14 heavy (non-hydrogen) atoms. The molecule has 1 N–H and O–H groups in total. The van der Waals surface area contributed by atoms with Gasteiger partial charge in [-0.3, -0.25) is 4.79 Å². The van der Waals surface area contributed by atoms with Gasteiger partial charge in [0.2, 0.25) is 0 Å². The Morgan fingerprint density at radius 3 is 2.86 bits per heavy atom. The smallest absolute Gasteiger partial charge is 0.151 e. The van der Waals surface area contributed by atoms with Crippen LogP contribution >= 0.6 is 15.9 Å². The van der Waals surface area contributed by atoms with E-state index < -0.39 is 0 Å². The van der Waals surface area contributed by atoms with E-state index in [1.807, 2.05) is 18.2 Å². The second kappa shape index (κ2) is 4.24. The molecule has 0 aliphatic carbocycles. The van der Waals surface area contributed by atoms with Crippen molar-refractivity contribution in [3.8, 4) is 0 Å². The van der Waals surface area contributed by atoms with Crippen LogP contribution in [0, 0.1) is 5.92 Å². The maximum absolute atomic E-state index is 11.4. The molecule has 1 fully saturated rings. The van der Waals surface area contributed by atoms with Gasteiger partial charge in [-0.25, -0.2) is 0 Å². The number of benzene rings is 1. The second-order valence-corrected chi connectivity index (χ2v) is 4.44. The van der Waals surface area contributed by atoms with E-state index in [0.29, 0.717) is 12.3 Å². The average molecular weight is 254 g/mol. The lowest BCUT2D eigenvalue weighted by molar-refractivity contribution is -0.119. The van der Waals surface area contributed by atoms with Crippen LogP contribution in [0.2, 0.25) is 0 Å². The van der Waals surface area contributed by atoms with Gasteiger partial charge in [-0.05, 0) is 18.1 Å². The van der Waals surface area contributed by atoms with Gasteiger partial charge in [-0.15, -0.1) is 0 Å². The van der Waals surface area contributed by atoms with Crippen LogP contribution in [0.25, 0.3) is 0 Å². The van der Waals surface area contributed by atoms with E-state index in [0.717, 1.165) is 17.4 Å². The van der Waals surface area contributed by atoms with Crippen molar-refractivity contribution in [2.24, 2.45) is 5.92 Å². The minimum atomic E-state index is 0.161. The zero-order valence-electron chi connectivity index (χ0n) is 7.79. The molecule has 2 rings (SSSR count). The van der Waals surface area contributed by atoms with E-state index in [1.54, 1.807) is 0 Å². The highest BCUT2D eigenvalue weighted by atomic mass is 79.9. The molecule has 1 aliphatic rings. The molecule has 74 valence electrons. The van der Waals surface area contributed by atoms with Crippen LogP contribution in [0.5, 0.6) is 0 Å². The lowest BCUT2D eigenvalue weighted by atomic mass is 9.98. The summed E-state index contributed by atoms with van der Waals surface area (Å²) in [6.45, 7) is 1.36. The molecule has 0 bridgehead atoms. The molecule has 0 radical (unpaired) electrons. The van der Waals surface area contributed by atoms with Gasteiger partial charge in [-0.1, -0.05) is 34.1 Å². The Balaban J connectivity index is 2.10. The minimum Gasteiger partial charge on any atom is -0.309 e. The molecule has 1 atom stereocenters. The third-order valence-electron chi connectivity index (χ3n) is 2.57. The number of carbonyl (C=O) groups is 1. The summed E-state index contributed by atoms with van der Waals surface area (Å²) in [4.78, 5) is 11.4. The molecule has 1 aliphatic heterocycles. The summed E-state index contributed by atoms with van der Waals surface area (Å²) in [5.74, 6) is 0.495. The number of carbonyl (C=O) groups excluding carboxylic acids is 1. The van der Waals surface area contributed by atoms with Crippen LogP contribution in [0.1, 0.15) is 5.56 Å². The van der Waals surface area contributed by atoms with Crippen LogP contribution in [0.3, 0.4) is 0 Å². The molecule has 1 aromatic carbocycles. The summed E-state index contributed by atoms with van der Waals surface area (Å²) in [5, 5.41) is 3.10. The quantitative estimate of drug-likeness (QED) is 0.871. The molecule has 0 amide bonds. The first-order valence-corrected chi connectivity index (χ1v) is 5.53. The van der Waals surface area contributed by atoms with Gasteiger partial charge in [0.25, 0.3) is 0 Å². The molecule has 1 unspecified atom stereocenters. The van der Waals surface area contributed by atoms with Crippen molar-refractivity contribution in [2.45, 2.75) is 6.42 Å². The average Bonchev–Trinajstić information content (AvgIpc) is 2.56. The summed E-state index contributed by atoms with van der Waals surface area (Å²) in [6.07, 6.45) is 0.841. The number of ketones is 1. The Morgan fingerprint density at radius 2 is 2.21 bits per heavy atom. The van der Waals surface area contributed by atoms with Crippen molar-refractivity contribution in [1.29, 1.82) is 0 Å². The summed E-state index contributed by atoms with van der Waals surface area (Å²) in [7, 11) is 0. The SMILES string of the molecule is O=C1CNCC1Cc1ccccc1Br. The fourth-order valence-electron chi connectivity index (χ4n) is 1.74. The predicted molar refractivity (Wildman–Crippen MR) is 59.2 cm³/mol. The van der Waals surface area contributed by atoms with E-state index in [1.165, 1.54) is 5.56 Å². The van der Waals surface area contributed by atoms with Gasteiger partial charge in [0.1, 0.15) is 0 Å². The minimum absolute atomic E-state index is 0.161. The normalized spacial score (nSPS) is 21.5. The third-order valence-corrected chi connectivity index (χ3v) is 3.34. The Bertz CT molecular complexity index is 351. The van der Waals surface area contributed by atoms with Gasteiger partial charge in [0.05, 0.1) is 6.54 Å². The molecule has 1 aromatic rings. The molecular weight excluding hydrogens is 242 g/mol. The molecule has 2 nitrogen and oxygen atoms in total. The standard InChI is InChI=1S/C11H12BrNO/c12-10-4-2-1-3-8(10)5-9-6-13-7-11(9)14/h1-4,9,13H,5-7H2. The van der Waals surface area contributed by atoms with Gasteiger partial charge in [0, 0.05) is 16.9 Å². The number of nitrogens with one attached hydrogen (secondary N) is 1. The maximum Gasteiger partial charge on any atom is 0.151 e. The van der Waals surface area contributed by atoms with Crippen LogP contribution in [0.4, 0.5) is 0 Å². The van der Waals surface area contributed by atoms with E-state index >= 15 is 0 Å². The lowest BCUT2D eigenvalue weighted by Crippen LogP contribution is -2.14. The predicted octanol–water partition coefficient (Wildman–Crippen LogP) is 1.78. The number of hydrogen-bond acceptors (Lipinski definition) is 2. The van der Waals surface area contributed by atoms with Crippen molar-refractivity contribution in [1.82, 2.24) is 5.32 Å². The van der Waals surface area contributed by atoms with Crippen molar-refractivity contribution >= 4 is 21.7 Å². The van der Waals surface area contributed by atoms with Crippen molar-refractivity contribution < 1.29 is 4.79 Å². The van der Waals surface area contributed by atoms with E-state index in [9.17, 15) is 4.79 Å². The Kier molecular flexibility index (Phi) is 2.99. The highest BCUT2D eigenvalue weighted by Gasteiger charge is 2.24. The Hall–Kier alpha value is -0.670. The largest absolute Gasteiger partial charge is 0.309 e. The Morgan fingerprint density at radius 1 is 1.43 bits per heavy atom. The van der Waals surface area contributed by atoms with Gasteiger partial charge in [0.15, 0.2) is 5.78 Å². The highest BCUT2D eigenvalue weighted by molar-refractivity contribution is 9.10. The molecular formula is C11H12BrNO. The monoisotopic (exact) mass is 253 g/mol. The fraction of sp³-hybridized carbons (Fsp3) is 0.364. The van der Waals surface area contributed by atoms with Crippen LogP contribution in [-0.2, 0) is 11.2 Å². The van der Waals surface area contributed by atoms with Gasteiger partial charge < -0.3 is 5.32 Å². The topological polar surface area (TPSA) is 29.1 Å². The first kappa shape index (κ1) is 9.87. The molecule has 0 spiro atoms. The van der Waals surface area contributed by atoms with Crippen LogP contribution in [0.15, 0.2) is 28.7 Å². The van der Waals surface area contributed by atoms with E-state index in [2.05, 4.69) is 27.3 Å². The second-order valence-electron chi connectivity index (χ2n) is 3.59. The van der Waals surface area contributed by atoms with E-state index in [4.69, 9.17) is 0 Å². The molecule has 1 saturated heterocycles. The first-order chi connectivity index (χ1) is 6.77. The van der Waals surface area contributed by atoms with Crippen molar-refractivity contribution in [3.05, 3.63) is 34.3 Å². The number of rotatable bonds is 2. The maximum atomic E-state index is 11.4. The molecule has 0 saturated carbocycles. The Labute approximate surface area is 91.8 Å². The fourth-order valence-corrected chi connectivity index (χ4v) is 2.19. The molecule has 1 heterocycles. The third kappa shape index (κ3) is 2.04. The lowest BCUT2D eigenvalue weighted by Gasteiger charge is -2.08. The van der Waals surface area contributed by atoms with Gasteiger partial charge in [-0.2, -0.15) is 0 Å². The number of Topliss-reactive ketones (excluding diaryl/α,β-unsaturated/α-hetero) is 1. The van der Waals surface area contributed by atoms with Gasteiger partial charge >= 0.3 is 0 Å². The number of halogens is 1. The number of hydrogen-bond donors (Lipinski definition) is 1. The summed E-state index contributed by atoms with van der Waals surface area (Å²) in [5.41, 5.74) is 1.22. The summed E-state index contributed by atoms with van der Waals surface area (Å²) < 4.78 is 1.10. The van der Waals surface area contributed by atoms with E-state index in [-0.39, 0.29) is 5.92 Å². The summed E-state index contributed by atoms with van der Waals surface area (Å²) in [6, 6.07) is 8.08. The zero-order chi connectivity index (χ0) is 9.97. The molecule has 3 heteroatoms. The van der Waals surface area contributed by atoms with Crippen LogP contribution in [-0.4, -0.2) is 18.9 Å². The first-order valence-electron chi connectivity index (χ1n) is 4.74.